The summed E-state index contributed by atoms with van der Waals surface area (Å²) >= 11 is 0. The molecule has 3 rings (SSSR count). The van der Waals surface area contributed by atoms with Crippen molar-refractivity contribution in [1.82, 2.24) is 14.7 Å². The van der Waals surface area contributed by atoms with E-state index in [9.17, 15) is 14.0 Å². The summed E-state index contributed by atoms with van der Waals surface area (Å²) in [6, 6.07) is 9.21. The smallest absolute Gasteiger partial charge is 0.267 e. The first-order valence-corrected chi connectivity index (χ1v) is 8.61. The Morgan fingerprint density at radius 2 is 1.76 bits per heavy atom. The molecular formula is C19H22FN3O2. The van der Waals surface area contributed by atoms with Crippen LogP contribution < -0.4 is 5.56 Å². The zero-order valence-electron chi connectivity index (χ0n) is 14.5. The standard InChI is InChI=1S/C19H22FN3O2/c1-13-4-3-5-14(2)23(13)19(25)12-22-18(24)11-10-17(21-22)15-6-8-16(20)9-7-15/h6-11,13-14H,3-5,12H2,1-2H3. The summed E-state index contributed by atoms with van der Waals surface area (Å²) in [6.07, 6.45) is 3.08. The summed E-state index contributed by atoms with van der Waals surface area (Å²) in [6.45, 7) is 4.00. The molecule has 1 aliphatic heterocycles. The van der Waals surface area contributed by atoms with E-state index >= 15 is 0 Å². The number of halogens is 1. The second-order valence-electron chi connectivity index (χ2n) is 6.65. The number of carbonyl (C=O) groups excluding carboxylic acids is 1. The topological polar surface area (TPSA) is 55.2 Å². The first-order chi connectivity index (χ1) is 12.0. The summed E-state index contributed by atoms with van der Waals surface area (Å²) in [4.78, 5) is 26.7. The average Bonchev–Trinajstić information content (AvgIpc) is 2.57. The number of aromatic nitrogens is 2. The largest absolute Gasteiger partial charge is 0.336 e. The average molecular weight is 343 g/mol. The molecule has 0 spiro atoms. The molecule has 5 nitrogen and oxygen atoms in total. The van der Waals surface area contributed by atoms with E-state index in [0.29, 0.717) is 11.3 Å². The van der Waals surface area contributed by atoms with Crippen LogP contribution in [0.25, 0.3) is 11.3 Å². The zero-order valence-corrected chi connectivity index (χ0v) is 14.5. The van der Waals surface area contributed by atoms with Crippen LogP contribution in [-0.2, 0) is 11.3 Å². The van der Waals surface area contributed by atoms with Gasteiger partial charge in [0, 0.05) is 23.7 Å². The molecule has 132 valence electrons. The van der Waals surface area contributed by atoms with Gasteiger partial charge in [-0.05, 0) is 63.4 Å². The van der Waals surface area contributed by atoms with Crippen LogP contribution in [0.5, 0.6) is 0 Å². The van der Waals surface area contributed by atoms with Gasteiger partial charge in [-0.25, -0.2) is 9.07 Å². The van der Waals surface area contributed by atoms with Gasteiger partial charge in [-0.1, -0.05) is 0 Å². The Hall–Kier alpha value is -2.50. The zero-order chi connectivity index (χ0) is 18.0. The summed E-state index contributed by atoms with van der Waals surface area (Å²) in [5, 5.41) is 4.29. The monoisotopic (exact) mass is 343 g/mol. The van der Waals surface area contributed by atoms with Crippen LogP contribution >= 0.6 is 0 Å². The fraction of sp³-hybridized carbons (Fsp3) is 0.421. The molecule has 1 aliphatic rings. The normalized spacial score (nSPS) is 20.5. The Morgan fingerprint density at radius 3 is 2.40 bits per heavy atom. The molecule has 1 amide bonds. The van der Waals surface area contributed by atoms with Crippen molar-refractivity contribution >= 4 is 5.91 Å². The number of likely N-dealkylation sites (tertiary alicyclic amines) is 1. The van der Waals surface area contributed by atoms with Crippen molar-refractivity contribution < 1.29 is 9.18 Å². The Morgan fingerprint density at radius 1 is 1.12 bits per heavy atom. The molecule has 0 N–H and O–H groups in total. The lowest BCUT2D eigenvalue weighted by molar-refractivity contribution is -0.138. The fourth-order valence-corrected chi connectivity index (χ4v) is 3.46. The Balaban J connectivity index is 1.84. The lowest BCUT2D eigenvalue weighted by Crippen LogP contribution is -2.49. The second-order valence-corrected chi connectivity index (χ2v) is 6.65. The van der Waals surface area contributed by atoms with Gasteiger partial charge < -0.3 is 4.90 Å². The maximum atomic E-state index is 13.1. The van der Waals surface area contributed by atoms with E-state index in [1.54, 1.807) is 18.2 Å². The van der Waals surface area contributed by atoms with Crippen LogP contribution in [0.4, 0.5) is 4.39 Å². The molecule has 1 aromatic heterocycles. The number of amides is 1. The SMILES string of the molecule is CC1CCCC(C)N1C(=O)Cn1nc(-c2ccc(F)cc2)ccc1=O. The Kier molecular flexibility index (Phi) is 4.97. The molecule has 1 fully saturated rings. The van der Waals surface area contributed by atoms with Crippen LogP contribution in [0.15, 0.2) is 41.2 Å². The molecule has 1 aromatic carbocycles. The van der Waals surface area contributed by atoms with Crippen molar-refractivity contribution in [2.24, 2.45) is 0 Å². The second kappa shape index (κ2) is 7.17. The van der Waals surface area contributed by atoms with Gasteiger partial charge in [0.05, 0.1) is 5.69 Å². The van der Waals surface area contributed by atoms with E-state index in [1.165, 1.54) is 22.9 Å². The molecule has 1 saturated heterocycles. The minimum atomic E-state index is -0.333. The molecule has 0 bridgehead atoms. The summed E-state index contributed by atoms with van der Waals surface area (Å²) in [5.41, 5.74) is 0.908. The third kappa shape index (κ3) is 3.78. The summed E-state index contributed by atoms with van der Waals surface area (Å²) in [7, 11) is 0. The highest BCUT2D eigenvalue weighted by Crippen LogP contribution is 2.23. The molecule has 0 saturated carbocycles. The van der Waals surface area contributed by atoms with Gasteiger partial charge in [-0.2, -0.15) is 5.10 Å². The fourth-order valence-electron chi connectivity index (χ4n) is 3.46. The number of hydrogen-bond donors (Lipinski definition) is 0. The maximum absolute atomic E-state index is 13.1. The van der Waals surface area contributed by atoms with Crippen molar-refractivity contribution in [1.29, 1.82) is 0 Å². The van der Waals surface area contributed by atoms with Crippen molar-refractivity contribution in [3.63, 3.8) is 0 Å². The van der Waals surface area contributed by atoms with Gasteiger partial charge in [0.1, 0.15) is 12.4 Å². The molecule has 25 heavy (non-hydrogen) atoms. The molecule has 0 aliphatic carbocycles. The molecule has 6 heteroatoms. The van der Waals surface area contributed by atoms with Crippen LogP contribution in [0.1, 0.15) is 33.1 Å². The van der Waals surface area contributed by atoms with E-state index < -0.39 is 0 Å². The number of benzene rings is 1. The van der Waals surface area contributed by atoms with E-state index in [4.69, 9.17) is 0 Å². The number of carbonyl (C=O) groups is 1. The lowest BCUT2D eigenvalue weighted by atomic mass is 9.97. The first-order valence-electron chi connectivity index (χ1n) is 8.61. The summed E-state index contributed by atoms with van der Waals surface area (Å²) < 4.78 is 14.3. The first kappa shape index (κ1) is 17.3. The Bertz CT molecular complexity index is 806. The van der Waals surface area contributed by atoms with Gasteiger partial charge in [-0.3, -0.25) is 9.59 Å². The third-order valence-corrected chi connectivity index (χ3v) is 4.77. The van der Waals surface area contributed by atoms with Gasteiger partial charge >= 0.3 is 0 Å². The van der Waals surface area contributed by atoms with Crippen molar-refractivity contribution in [2.75, 3.05) is 0 Å². The molecule has 0 radical (unpaired) electrons. The van der Waals surface area contributed by atoms with Crippen LogP contribution in [-0.4, -0.2) is 32.7 Å². The minimum Gasteiger partial charge on any atom is -0.336 e. The van der Waals surface area contributed by atoms with E-state index in [2.05, 4.69) is 5.10 Å². The van der Waals surface area contributed by atoms with Gasteiger partial charge in [-0.15, -0.1) is 0 Å². The number of piperidine rings is 1. The maximum Gasteiger partial charge on any atom is 0.267 e. The molecular weight excluding hydrogens is 321 g/mol. The van der Waals surface area contributed by atoms with Crippen molar-refractivity contribution in [2.45, 2.75) is 51.7 Å². The van der Waals surface area contributed by atoms with E-state index in [0.717, 1.165) is 19.3 Å². The summed E-state index contributed by atoms with van der Waals surface area (Å²) in [5.74, 6) is -0.425. The third-order valence-electron chi connectivity index (χ3n) is 4.77. The Labute approximate surface area is 146 Å². The van der Waals surface area contributed by atoms with Crippen molar-refractivity contribution in [3.8, 4) is 11.3 Å². The number of rotatable bonds is 3. The van der Waals surface area contributed by atoms with E-state index in [1.807, 2.05) is 18.7 Å². The molecule has 2 unspecified atom stereocenters. The molecule has 2 atom stereocenters. The number of nitrogens with zero attached hydrogens (tertiary/aromatic N) is 3. The lowest BCUT2D eigenvalue weighted by Gasteiger charge is -2.39. The van der Waals surface area contributed by atoms with Gasteiger partial charge in [0.25, 0.3) is 5.56 Å². The van der Waals surface area contributed by atoms with Crippen LogP contribution in [0, 0.1) is 5.82 Å². The highest BCUT2D eigenvalue weighted by Gasteiger charge is 2.29. The van der Waals surface area contributed by atoms with Crippen LogP contribution in [0.3, 0.4) is 0 Å². The molecule has 2 heterocycles. The number of hydrogen-bond acceptors (Lipinski definition) is 3. The minimum absolute atomic E-state index is 0.0808. The molecule has 2 aromatic rings. The predicted octanol–water partition coefficient (Wildman–Crippen LogP) is 2.84. The highest BCUT2D eigenvalue weighted by atomic mass is 19.1. The van der Waals surface area contributed by atoms with Gasteiger partial charge in [0.2, 0.25) is 5.91 Å². The van der Waals surface area contributed by atoms with E-state index in [-0.39, 0.29) is 35.9 Å². The van der Waals surface area contributed by atoms with Crippen molar-refractivity contribution in [3.05, 3.63) is 52.6 Å². The highest BCUT2D eigenvalue weighted by molar-refractivity contribution is 5.76. The predicted molar refractivity (Wildman–Crippen MR) is 93.5 cm³/mol. The quantitative estimate of drug-likeness (QED) is 0.861. The van der Waals surface area contributed by atoms with Crippen LogP contribution in [0.2, 0.25) is 0 Å². The van der Waals surface area contributed by atoms with Gasteiger partial charge in [0.15, 0.2) is 0 Å².